The van der Waals surface area contributed by atoms with E-state index >= 15 is 0 Å². The van der Waals surface area contributed by atoms with Gasteiger partial charge in [0.1, 0.15) is 12.2 Å². The van der Waals surface area contributed by atoms with Crippen molar-refractivity contribution in [2.24, 2.45) is 0 Å². The highest BCUT2D eigenvalue weighted by Crippen LogP contribution is 2.33. The van der Waals surface area contributed by atoms with Crippen LogP contribution in [0.3, 0.4) is 0 Å². The minimum atomic E-state index is -0.526. The van der Waals surface area contributed by atoms with Crippen LogP contribution in [0, 0.1) is 12.7 Å². The van der Waals surface area contributed by atoms with E-state index in [2.05, 4.69) is 4.98 Å². The minimum absolute atomic E-state index is 0.0658. The van der Waals surface area contributed by atoms with E-state index in [4.69, 9.17) is 13.9 Å². The van der Waals surface area contributed by atoms with Crippen molar-refractivity contribution in [1.29, 1.82) is 0 Å². The molecule has 0 spiro atoms. The Morgan fingerprint density at radius 1 is 1.44 bits per heavy atom. The largest absolute Gasteiger partial charge is 0.468 e. The Morgan fingerprint density at radius 2 is 2.32 bits per heavy atom. The van der Waals surface area contributed by atoms with Gasteiger partial charge in [0, 0.05) is 18.4 Å². The van der Waals surface area contributed by atoms with Crippen molar-refractivity contribution in [3.63, 3.8) is 0 Å². The molecular weight excluding hydrogens is 327 g/mol. The molecule has 2 aromatic heterocycles. The molecule has 0 N–H and O–H groups in total. The van der Waals surface area contributed by atoms with Crippen LogP contribution in [-0.4, -0.2) is 47.2 Å². The molecule has 1 amide bonds. The Bertz CT molecular complexity index is 778. The highest BCUT2D eigenvalue weighted by molar-refractivity contribution is 5.93. The SMILES string of the molecule is Cc1ccoc1C(=O)N1C[C@@H](Oc2ncccc2F)[C@@H]2OCCC[C@@H]21. The molecule has 0 bridgehead atoms. The molecule has 4 rings (SSSR count). The van der Waals surface area contributed by atoms with Gasteiger partial charge >= 0.3 is 0 Å². The molecule has 2 fully saturated rings. The van der Waals surface area contributed by atoms with E-state index in [1.54, 1.807) is 11.0 Å². The van der Waals surface area contributed by atoms with Crippen LogP contribution in [0.4, 0.5) is 4.39 Å². The number of carbonyl (C=O) groups is 1. The quantitative estimate of drug-likeness (QED) is 0.855. The third-order valence-electron chi connectivity index (χ3n) is 4.78. The molecule has 0 unspecified atom stereocenters. The summed E-state index contributed by atoms with van der Waals surface area (Å²) in [4.78, 5) is 18.5. The summed E-state index contributed by atoms with van der Waals surface area (Å²) >= 11 is 0. The first kappa shape index (κ1) is 16.1. The molecule has 0 aliphatic carbocycles. The number of likely N-dealkylation sites (tertiary alicyclic amines) is 1. The van der Waals surface area contributed by atoms with Gasteiger partial charge in [-0.2, -0.15) is 0 Å². The molecule has 0 saturated carbocycles. The molecule has 2 aliphatic heterocycles. The predicted octanol–water partition coefficient (Wildman–Crippen LogP) is 2.57. The molecule has 132 valence electrons. The van der Waals surface area contributed by atoms with Crippen LogP contribution in [0.25, 0.3) is 0 Å². The van der Waals surface area contributed by atoms with E-state index < -0.39 is 11.9 Å². The van der Waals surface area contributed by atoms with Crippen LogP contribution in [-0.2, 0) is 4.74 Å². The van der Waals surface area contributed by atoms with Gasteiger partial charge in [-0.15, -0.1) is 0 Å². The van der Waals surface area contributed by atoms with E-state index in [9.17, 15) is 9.18 Å². The van der Waals surface area contributed by atoms with Crippen molar-refractivity contribution in [2.75, 3.05) is 13.2 Å². The van der Waals surface area contributed by atoms with Gasteiger partial charge in [0.05, 0.1) is 18.8 Å². The van der Waals surface area contributed by atoms with Gasteiger partial charge in [0.2, 0.25) is 0 Å². The van der Waals surface area contributed by atoms with Gasteiger partial charge in [0.25, 0.3) is 11.8 Å². The normalized spacial score (nSPS) is 25.7. The van der Waals surface area contributed by atoms with E-state index in [0.29, 0.717) is 18.9 Å². The molecular formula is C18H19FN2O4. The first-order valence-corrected chi connectivity index (χ1v) is 8.39. The van der Waals surface area contributed by atoms with Crippen molar-refractivity contribution in [1.82, 2.24) is 9.88 Å². The van der Waals surface area contributed by atoms with Crippen molar-refractivity contribution in [3.8, 4) is 5.88 Å². The average Bonchev–Trinajstić information content (AvgIpc) is 3.21. The molecule has 7 heteroatoms. The monoisotopic (exact) mass is 346 g/mol. The van der Waals surface area contributed by atoms with Crippen molar-refractivity contribution >= 4 is 5.91 Å². The van der Waals surface area contributed by atoms with Crippen LogP contribution < -0.4 is 4.74 Å². The standard InChI is InChI=1S/C18H19FN2O4/c1-11-6-9-24-15(11)18(22)21-10-14(16-13(21)5-3-8-23-16)25-17-12(19)4-2-7-20-17/h2,4,6-7,9,13-14,16H,3,5,8,10H2,1H3/t13-,14+,16+/m0/s1. The summed E-state index contributed by atoms with van der Waals surface area (Å²) in [6.07, 6.45) is 3.91. The minimum Gasteiger partial charge on any atom is -0.468 e. The lowest BCUT2D eigenvalue weighted by Gasteiger charge is -2.31. The highest BCUT2D eigenvalue weighted by Gasteiger charge is 2.48. The first-order valence-electron chi connectivity index (χ1n) is 8.39. The maximum absolute atomic E-state index is 13.9. The molecule has 4 heterocycles. The maximum atomic E-state index is 13.9. The maximum Gasteiger partial charge on any atom is 0.290 e. The Balaban J connectivity index is 1.59. The number of ether oxygens (including phenoxy) is 2. The molecule has 3 atom stereocenters. The molecule has 2 saturated heterocycles. The van der Waals surface area contributed by atoms with Crippen LogP contribution in [0.1, 0.15) is 29.0 Å². The van der Waals surface area contributed by atoms with Crippen LogP contribution in [0.15, 0.2) is 35.1 Å². The fourth-order valence-corrected chi connectivity index (χ4v) is 3.57. The fraction of sp³-hybridized carbons (Fsp3) is 0.444. The Kier molecular flexibility index (Phi) is 4.17. The van der Waals surface area contributed by atoms with Crippen LogP contribution >= 0.6 is 0 Å². The second kappa shape index (κ2) is 6.48. The summed E-state index contributed by atoms with van der Waals surface area (Å²) < 4.78 is 30.8. The lowest BCUT2D eigenvalue weighted by atomic mass is 10.0. The third kappa shape index (κ3) is 2.89. The van der Waals surface area contributed by atoms with Gasteiger partial charge in [-0.05, 0) is 38.0 Å². The molecule has 6 nitrogen and oxygen atoms in total. The summed E-state index contributed by atoms with van der Waals surface area (Å²) in [5.41, 5.74) is 0.790. The highest BCUT2D eigenvalue weighted by atomic mass is 19.1. The van der Waals surface area contributed by atoms with E-state index in [1.165, 1.54) is 24.6 Å². The summed E-state index contributed by atoms with van der Waals surface area (Å²) in [5.74, 6) is -0.449. The number of furan rings is 1. The zero-order valence-corrected chi connectivity index (χ0v) is 13.9. The second-order valence-corrected chi connectivity index (χ2v) is 6.38. The zero-order valence-electron chi connectivity index (χ0n) is 13.9. The van der Waals surface area contributed by atoms with Crippen LogP contribution in [0.2, 0.25) is 0 Å². The van der Waals surface area contributed by atoms with Crippen molar-refractivity contribution in [3.05, 3.63) is 47.8 Å². The van der Waals surface area contributed by atoms with Gasteiger partial charge < -0.3 is 18.8 Å². The number of pyridine rings is 1. The summed E-state index contributed by atoms with van der Waals surface area (Å²) in [6, 6.07) is 4.45. The van der Waals surface area contributed by atoms with Crippen molar-refractivity contribution in [2.45, 2.75) is 38.0 Å². The lowest BCUT2D eigenvalue weighted by molar-refractivity contribution is -0.0464. The molecule has 2 aliphatic rings. The first-order chi connectivity index (χ1) is 12.1. The fourth-order valence-electron chi connectivity index (χ4n) is 3.57. The summed E-state index contributed by atoms with van der Waals surface area (Å²) in [6.45, 7) is 2.75. The van der Waals surface area contributed by atoms with E-state index in [1.807, 2.05) is 6.92 Å². The second-order valence-electron chi connectivity index (χ2n) is 6.38. The smallest absolute Gasteiger partial charge is 0.290 e. The van der Waals surface area contributed by atoms with Gasteiger partial charge in [0.15, 0.2) is 11.6 Å². The Hall–Kier alpha value is -2.41. The number of rotatable bonds is 3. The number of aromatic nitrogens is 1. The average molecular weight is 346 g/mol. The summed E-state index contributed by atoms with van der Waals surface area (Å²) in [5, 5.41) is 0. The molecule has 0 aromatic carbocycles. The summed E-state index contributed by atoms with van der Waals surface area (Å²) in [7, 11) is 0. The number of halogens is 1. The number of fused-ring (bicyclic) bond motifs is 1. The number of amides is 1. The Labute approximate surface area is 144 Å². The van der Waals surface area contributed by atoms with Gasteiger partial charge in [-0.1, -0.05) is 0 Å². The van der Waals surface area contributed by atoms with E-state index in [-0.39, 0.29) is 23.9 Å². The topological polar surface area (TPSA) is 64.8 Å². The third-order valence-corrected chi connectivity index (χ3v) is 4.78. The van der Waals surface area contributed by atoms with Crippen LogP contribution in [0.5, 0.6) is 5.88 Å². The number of aryl methyl sites for hydroxylation is 1. The number of nitrogens with zero attached hydrogens (tertiary/aromatic N) is 2. The van der Waals surface area contributed by atoms with Gasteiger partial charge in [-0.25, -0.2) is 9.37 Å². The van der Waals surface area contributed by atoms with Gasteiger partial charge in [-0.3, -0.25) is 4.79 Å². The zero-order chi connectivity index (χ0) is 17.4. The van der Waals surface area contributed by atoms with E-state index in [0.717, 1.165) is 18.4 Å². The molecule has 0 radical (unpaired) electrons. The predicted molar refractivity (Wildman–Crippen MR) is 85.9 cm³/mol. The number of hydrogen-bond donors (Lipinski definition) is 0. The van der Waals surface area contributed by atoms with Crippen molar-refractivity contribution < 1.29 is 23.1 Å². The Morgan fingerprint density at radius 3 is 3.08 bits per heavy atom. The number of hydrogen-bond acceptors (Lipinski definition) is 5. The number of carbonyl (C=O) groups excluding carboxylic acids is 1. The molecule has 25 heavy (non-hydrogen) atoms. The molecule has 2 aromatic rings. The lowest BCUT2D eigenvalue weighted by Crippen LogP contribution is -2.44.